The van der Waals surface area contributed by atoms with Crippen LogP contribution in [-0.2, 0) is 27.8 Å². The number of anilines is 1. The molecule has 2 rings (SSSR count). The second kappa shape index (κ2) is 7.55. The van der Waals surface area contributed by atoms with E-state index in [2.05, 4.69) is 20.5 Å². The van der Waals surface area contributed by atoms with Crippen molar-refractivity contribution in [1.29, 1.82) is 0 Å². The van der Waals surface area contributed by atoms with E-state index in [-0.39, 0.29) is 18.3 Å². The second-order valence-electron chi connectivity index (χ2n) is 5.11. The van der Waals surface area contributed by atoms with Crippen molar-refractivity contribution in [3.63, 3.8) is 0 Å². The highest BCUT2D eigenvalue weighted by atomic mass is 16.5. The summed E-state index contributed by atoms with van der Waals surface area (Å²) in [6.07, 6.45) is 3.65. The molecule has 0 aliphatic carbocycles. The number of carbonyl (C=O) groups excluding carboxylic acids is 2. The third-order valence-electron chi connectivity index (χ3n) is 3.41. The lowest BCUT2D eigenvalue weighted by Gasteiger charge is -2.14. The molecule has 2 aromatic rings. The van der Waals surface area contributed by atoms with Gasteiger partial charge in [-0.05, 0) is 24.7 Å². The Kier molecular flexibility index (Phi) is 5.48. The van der Waals surface area contributed by atoms with E-state index in [1.165, 1.54) is 7.11 Å². The minimum atomic E-state index is -0.488. The Balaban J connectivity index is 2.02. The van der Waals surface area contributed by atoms with Crippen molar-refractivity contribution in [1.82, 2.24) is 15.1 Å². The van der Waals surface area contributed by atoms with Gasteiger partial charge in [-0.1, -0.05) is 12.1 Å². The van der Waals surface area contributed by atoms with Crippen molar-refractivity contribution in [2.45, 2.75) is 12.5 Å². The summed E-state index contributed by atoms with van der Waals surface area (Å²) in [5.41, 5.74) is 2.27. The van der Waals surface area contributed by atoms with Crippen LogP contribution in [0.4, 0.5) is 5.69 Å². The third-order valence-corrected chi connectivity index (χ3v) is 3.41. The van der Waals surface area contributed by atoms with E-state index in [9.17, 15) is 9.59 Å². The standard InChI is InChI=1S/C16H20N4O3/c1-17-15(12-9-18-20(2)10-12)16(22)19-13-6-4-11(5-7-13)8-14(21)23-3/h4-7,9-10,15,17H,8H2,1-3H3,(H,19,22). The van der Waals surface area contributed by atoms with Gasteiger partial charge in [0.05, 0.1) is 19.7 Å². The van der Waals surface area contributed by atoms with E-state index in [0.29, 0.717) is 5.69 Å². The van der Waals surface area contributed by atoms with Crippen LogP contribution in [0.3, 0.4) is 0 Å². The van der Waals surface area contributed by atoms with Crippen molar-refractivity contribution in [2.75, 3.05) is 19.5 Å². The summed E-state index contributed by atoms with van der Waals surface area (Å²) in [5, 5.41) is 9.89. The molecule has 1 atom stereocenters. The fraction of sp³-hybridized carbons (Fsp3) is 0.312. The number of carbonyl (C=O) groups is 2. The van der Waals surface area contributed by atoms with E-state index in [1.54, 1.807) is 55.4 Å². The molecule has 2 N–H and O–H groups in total. The highest BCUT2D eigenvalue weighted by Gasteiger charge is 2.20. The summed E-state index contributed by atoms with van der Waals surface area (Å²) in [7, 11) is 4.87. The highest BCUT2D eigenvalue weighted by Crippen LogP contribution is 2.16. The third kappa shape index (κ3) is 4.40. The van der Waals surface area contributed by atoms with Crippen LogP contribution in [0.2, 0.25) is 0 Å². The molecule has 0 saturated heterocycles. The molecule has 23 heavy (non-hydrogen) atoms. The van der Waals surface area contributed by atoms with Gasteiger partial charge in [0.15, 0.2) is 0 Å². The minimum absolute atomic E-state index is 0.179. The molecule has 0 saturated carbocycles. The summed E-state index contributed by atoms with van der Waals surface area (Å²) in [4.78, 5) is 23.6. The average Bonchev–Trinajstić information content (AvgIpc) is 2.96. The van der Waals surface area contributed by atoms with Gasteiger partial charge in [0.2, 0.25) is 5.91 Å². The topological polar surface area (TPSA) is 85.2 Å². The molecule has 0 radical (unpaired) electrons. The SMILES string of the molecule is CNC(C(=O)Nc1ccc(CC(=O)OC)cc1)c1cnn(C)c1. The molecule has 0 aliphatic rings. The predicted octanol–water partition coefficient (Wildman–Crippen LogP) is 1.03. The summed E-state index contributed by atoms with van der Waals surface area (Å²) >= 11 is 0. The second-order valence-corrected chi connectivity index (χ2v) is 5.11. The lowest BCUT2D eigenvalue weighted by Crippen LogP contribution is -2.30. The van der Waals surface area contributed by atoms with Crippen molar-refractivity contribution < 1.29 is 14.3 Å². The fourth-order valence-electron chi connectivity index (χ4n) is 2.20. The molecule has 1 aromatic heterocycles. The van der Waals surface area contributed by atoms with Crippen LogP contribution >= 0.6 is 0 Å². The normalized spacial score (nSPS) is 11.8. The maximum Gasteiger partial charge on any atom is 0.309 e. The van der Waals surface area contributed by atoms with E-state index in [0.717, 1.165) is 11.1 Å². The highest BCUT2D eigenvalue weighted by molar-refractivity contribution is 5.95. The first-order valence-corrected chi connectivity index (χ1v) is 7.16. The van der Waals surface area contributed by atoms with E-state index in [4.69, 9.17) is 0 Å². The Labute approximate surface area is 134 Å². The van der Waals surface area contributed by atoms with Gasteiger partial charge in [0.1, 0.15) is 6.04 Å². The monoisotopic (exact) mass is 316 g/mol. The van der Waals surface area contributed by atoms with Crippen molar-refractivity contribution in [3.8, 4) is 0 Å². The Morgan fingerprint density at radius 1 is 1.30 bits per heavy atom. The van der Waals surface area contributed by atoms with Crippen molar-refractivity contribution >= 4 is 17.6 Å². The zero-order chi connectivity index (χ0) is 16.8. The summed E-state index contributed by atoms with van der Waals surface area (Å²) in [6.45, 7) is 0. The van der Waals surface area contributed by atoms with Crippen molar-refractivity contribution in [2.24, 2.45) is 7.05 Å². The molecular formula is C16H20N4O3. The number of benzene rings is 1. The van der Waals surface area contributed by atoms with Crippen LogP contribution in [0.5, 0.6) is 0 Å². The van der Waals surface area contributed by atoms with Crippen LogP contribution in [-0.4, -0.2) is 35.8 Å². The maximum atomic E-state index is 12.4. The van der Waals surface area contributed by atoms with Crippen molar-refractivity contribution in [3.05, 3.63) is 47.8 Å². The van der Waals surface area contributed by atoms with Crippen LogP contribution in [0.15, 0.2) is 36.7 Å². The number of nitrogens with one attached hydrogen (secondary N) is 2. The van der Waals surface area contributed by atoms with Gasteiger partial charge >= 0.3 is 5.97 Å². The zero-order valence-corrected chi connectivity index (χ0v) is 13.4. The quantitative estimate of drug-likeness (QED) is 0.778. The first-order valence-electron chi connectivity index (χ1n) is 7.16. The molecule has 1 amide bonds. The number of amides is 1. The van der Waals surface area contributed by atoms with Gasteiger partial charge in [-0.25, -0.2) is 0 Å². The molecule has 7 nitrogen and oxygen atoms in total. The molecule has 1 heterocycles. The van der Waals surface area contributed by atoms with Crippen LogP contribution in [0.1, 0.15) is 17.2 Å². The smallest absolute Gasteiger partial charge is 0.309 e. The Morgan fingerprint density at radius 2 is 2.00 bits per heavy atom. The first-order chi connectivity index (χ1) is 11.0. The molecule has 0 spiro atoms. The molecule has 7 heteroatoms. The van der Waals surface area contributed by atoms with Gasteiger partial charge in [-0.15, -0.1) is 0 Å². The van der Waals surface area contributed by atoms with E-state index < -0.39 is 6.04 Å². The van der Waals surface area contributed by atoms with Gasteiger partial charge in [-0.2, -0.15) is 5.10 Å². The number of aryl methyl sites for hydroxylation is 1. The Morgan fingerprint density at radius 3 is 2.52 bits per heavy atom. The number of aromatic nitrogens is 2. The Hall–Kier alpha value is -2.67. The molecule has 0 aliphatic heterocycles. The minimum Gasteiger partial charge on any atom is -0.469 e. The summed E-state index contributed by atoms with van der Waals surface area (Å²) < 4.78 is 6.27. The van der Waals surface area contributed by atoms with Crippen LogP contribution < -0.4 is 10.6 Å². The van der Waals surface area contributed by atoms with Gasteiger partial charge < -0.3 is 15.4 Å². The summed E-state index contributed by atoms with van der Waals surface area (Å²) in [6, 6.07) is 6.59. The summed E-state index contributed by atoms with van der Waals surface area (Å²) in [5.74, 6) is -0.477. The molecule has 0 fully saturated rings. The van der Waals surface area contributed by atoms with Crippen LogP contribution in [0.25, 0.3) is 0 Å². The molecule has 1 unspecified atom stereocenters. The number of likely N-dealkylation sites (N-methyl/N-ethyl adjacent to an activating group) is 1. The number of hydrogen-bond acceptors (Lipinski definition) is 5. The molecule has 1 aromatic carbocycles. The zero-order valence-electron chi connectivity index (χ0n) is 13.4. The Bertz CT molecular complexity index is 679. The van der Waals surface area contributed by atoms with E-state index >= 15 is 0 Å². The lowest BCUT2D eigenvalue weighted by molar-refractivity contribution is -0.139. The number of methoxy groups -OCH3 is 1. The maximum absolute atomic E-state index is 12.4. The number of nitrogens with zero attached hydrogens (tertiary/aromatic N) is 2. The molecular weight excluding hydrogens is 296 g/mol. The fourth-order valence-corrected chi connectivity index (χ4v) is 2.20. The molecule has 0 bridgehead atoms. The number of ether oxygens (including phenoxy) is 1. The predicted molar refractivity (Wildman–Crippen MR) is 85.8 cm³/mol. The van der Waals surface area contributed by atoms with Gasteiger partial charge in [-0.3, -0.25) is 14.3 Å². The first kappa shape index (κ1) is 16.7. The largest absolute Gasteiger partial charge is 0.469 e. The number of rotatable bonds is 6. The van der Waals surface area contributed by atoms with E-state index in [1.807, 2.05) is 0 Å². The lowest BCUT2D eigenvalue weighted by atomic mass is 10.1. The van der Waals surface area contributed by atoms with Gasteiger partial charge in [0, 0.05) is 24.5 Å². The number of hydrogen-bond donors (Lipinski definition) is 2. The molecule has 122 valence electrons. The van der Waals surface area contributed by atoms with Crippen LogP contribution in [0, 0.1) is 0 Å². The average molecular weight is 316 g/mol. The van der Waals surface area contributed by atoms with Gasteiger partial charge in [0.25, 0.3) is 0 Å². The number of esters is 1.